The van der Waals surface area contributed by atoms with E-state index in [1.807, 2.05) is 0 Å². The number of nitrogen functional groups attached to an aromatic ring is 1. The Kier molecular flexibility index (Phi) is 4.40. The highest BCUT2D eigenvalue weighted by atomic mass is 19.1. The molecule has 0 bridgehead atoms. The van der Waals surface area contributed by atoms with E-state index in [2.05, 4.69) is 13.8 Å². The smallest absolute Gasteiger partial charge is 0.142 e. The number of hydrogen-bond acceptors (Lipinski definition) is 2. The molecule has 0 unspecified atom stereocenters. The fourth-order valence-corrected chi connectivity index (χ4v) is 1.46. The van der Waals surface area contributed by atoms with Crippen LogP contribution in [0.4, 0.5) is 10.1 Å². The summed E-state index contributed by atoms with van der Waals surface area (Å²) in [5, 5.41) is 0. The van der Waals surface area contributed by atoms with Gasteiger partial charge in [-0.15, -0.1) is 0 Å². The van der Waals surface area contributed by atoms with Gasteiger partial charge in [0.25, 0.3) is 0 Å². The predicted molar refractivity (Wildman–Crippen MR) is 60.4 cm³/mol. The van der Waals surface area contributed by atoms with Crippen molar-refractivity contribution >= 4 is 5.69 Å². The van der Waals surface area contributed by atoms with Crippen LogP contribution >= 0.6 is 0 Å². The van der Waals surface area contributed by atoms with E-state index in [0.717, 1.165) is 12.8 Å². The molecule has 0 heterocycles. The molecular formula is C12H18FNO. The third-order valence-corrected chi connectivity index (χ3v) is 2.28. The highest BCUT2D eigenvalue weighted by Crippen LogP contribution is 2.22. The topological polar surface area (TPSA) is 35.2 Å². The van der Waals surface area contributed by atoms with Gasteiger partial charge < -0.3 is 10.5 Å². The molecule has 0 aromatic heterocycles. The summed E-state index contributed by atoms with van der Waals surface area (Å²) in [5.74, 6) is 0.736. The Bertz CT molecular complexity index is 314. The predicted octanol–water partition coefficient (Wildman–Crippen LogP) is 3.22. The molecule has 15 heavy (non-hydrogen) atoms. The molecule has 0 saturated heterocycles. The number of rotatable bonds is 5. The van der Waals surface area contributed by atoms with Crippen molar-refractivity contribution in [1.29, 1.82) is 0 Å². The standard InChI is InChI=1S/C12H18FNO/c1-3-4-9(2)8-15-12-6-5-10(13)7-11(12)14/h5-7,9H,3-4,8,14H2,1-2H3/t9-/m1/s1. The fourth-order valence-electron chi connectivity index (χ4n) is 1.46. The molecule has 0 aliphatic heterocycles. The second kappa shape index (κ2) is 5.59. The lowest BCUT2D eigenvalue weighted by molar-refractivity contribution is 0.252. The van der Waals surface area contributed by atoms with Gasteiger partial charge >= 0.3 is 0 Å². The Balaban J connectivity index is 2.50. The van der Waals surface area contributed by atoms with Crippen LogP contribution in [0.1, 0.15) is 26.7 Å². The van der Waals surface area contributed by atoms with Gasteiger partial charge in [0.05, 0.1) is 12.3 Å². The van der Waals surface area contributed by atoms with Crippen molar-refractivity contribution in [2.45, 2.75) is 26.7 Å². The minimum atomic E-state index is -0.332. The number of ether oxygens (including phenoxy) is 1. The number of nitrogens with two attached hydrogens (primary N) is 1. The van der Waals surface area contributed by atoms with E-state index in [0.29, 0.717) is 24.0 Å². The summed E-state index contributed by atoms with van der Waals surface area (Å²) in [5.41, 5.74) is 5.98. The second-order valence-electron chi connectivity index (χ2n) is 3.89. The molecule has 0 aliphatic carbocycles. The van der Waals surface area contributed by atoms with E-state index in [1.165, 1.54) is 12.1 Å². The molecule has 0 aliphatic rings. The molecule has 0 spiro atoms. The highest BCUT2D eigenvalue weighted by Gasteiger charge is 2.05. The van der Waals surface area contributed by atoms with Gasteiger partial charge in [0, 0.05) is 6.07 Å². The molecule has 1 aromatic carbocycles. The number of anilines is 1. The third kappa shape index (κ3) is 3.78. The van der Waals surface area contributed by atoms with Crippen LogP contribution in [0.25, 0.3) is 0 Å². The Morgan fingerprint density at radius 3 is 2.80 bits per heavy atom. The summed E-state index contributed by atoms with van der Waals surface area (Å²) < 4.78 is 18.2. The number of hydrogen-bond donors (Lipinski definition) is 1. The first-order chi connectivity index (χ1) is 7.13. The maximum Gasteiger partial charge on any atom is 0.142 e. The van der Waals surface area contributed by atoms with E-state index in [4.69, 9.17) is 10.5 Å². The minimum Gasteiger partial charge on any atom is -0.491 e. The first-order valence-electron chi connectivity index (χ1n) is 5.31. The molecule has 0 fully saturated rings. The summed E-state index contributed by atoms with van der Waals surface area (Å²) in [6.45, 7) is 4.90. The lowest BCUT2D eigenvalue weighted by Crippen LogP contribution is -2.09. The number of halogens is 1. The van der Waals surface area contributed by atoms with Gasteiger partial charge in [0.15, 0.2) is 0 Å². The van der Waals surface area contributed by atoms with Crippen LogP contribution in [0.2, 0.25) is 0 Å². The van der Waals surface area contributed by atoms with Crippen LogP contribution in [-0.2, 0) is 0 Å². The van der Waals surface area contributed by atoms with Gasteiger partial charge in [-0.2, -0.15) is 0 Å². The van der Waals surface area contributed by atoms with Gasteiger partial charge in [0.2, 0.25) is 0 Å². The quantitative estimate of drug-likeness (QED) is 0.759. The number of benzene rings is 1. The maximum absolute atomic E-state index is 12.7. The van der Waals surface area contributed by atoms with Crippen molar-refractivity contribution in [1.82, 2.24) is 0 Å². The normalized spacial score (nSPS) is 12.5. The van der Waals surface area contributed by atoms with E-state index in [-0.39, 0.29) is 5.82 Å². The highest BCUT2D eigenvalue weighted by molar-refractivity contribution is 5.52. The van der Waals surface area contributed by atoms with Gasteiger partial charge in [-0.3, -0.25) is 0 Å². The minimum absolute atomic E-state index is 0.332. The van der Waals surface area contributed by atoms with Crippen molar-refractivity contribution in [3.63, 3.8) is 0 Å². The van der Waals surface area contributed by atoms with Crippen LogP contribution in [0.5, 0.6) is 5.75 Å². The van der Waals surface area contributed by atoms with Crippen LogP contribution < -0.4 is 10.5 Å². The van der Waals surface area contributed by atoms with Crippen molar-refractivity contribution in [3.05, 3.63) is 24.0 Å². The first-order valence-corrected chi connectivity index (χ1v) is 5.31. The Morgan fingerprint density at radius 2 is 2.20 bits per heavy atom. The molecule has 0 amide bonds. The summed E-state index contributed by atoms with van der Waals surface area (Å²) >= 11 is 0. The van der Waals surface area contributed by atoms with Crippen molar-refractivity contribution in [2.24, 2.45) is 5.92 Å². The van der Waals surface area contributed by atoms with E-state index >= 15 is 0 Å². The first kappa shape index (κ1) is 11.8. The van der Waals surface area contributed by atoms with E-state index in [9.17, 15) is 4.39 Å². The van der Waals surface area contributed by atoms with Gasteiger partial charge in [-0.25, -0.2) is 4.39 Å². The summed E-state index contributed by atoms with van der Waals surface area (Å²) in [6.07, 6.45) is 2.27. The van der Waals surface area contributed by atoms with Gasteiger partial charge in [0.1, 0.15) is 11.6 Å². The van der Waals surface area contributed by atoms with E-state index < -0.39 is 0 Å². The van der Waals surface area contributed by atoms with Gasteiger partial charge in [-0.1, -0.05) is 20.3 Å². The lowest BCUT2D eigenvalue weighted by Gasteiger charge is -2.13. The average molecular weight is 211 g/mol. The molecule has 0 saturated carbocycles. The lowest BCUT2D eigenvalue weighted by atomic mass is 10.1. The Hall–Kier alpha value is -1.25. The van der Waals surface area contributed by atoms with Gasteiger partial charge in [-0.05, 0) is 24.5 Å². The van der Waals surface area contributed by atoms with Crippen LogP contribution in [-0.4, -0.2) is 6.61 Å². The van der Waals surface area contributed by atoms with Crippen LogP contribution in [0.15, 0.2) is 18.2 Å². The Morgan fingerprint density at radius 1 is 1.47 bits per heavy atom. The molecule has 2 nitrogen and oxygen atoms in total. The summed E-state index contributed by atoms with van der Waals surface area (Å²) in [6, 6.07) is 4.21. The summed E-state index contributed by atoms with van der Waals surface area (Å²) in [7, 11) is 0. The molecule has 84 valence electrons. The van der Waals surface area contributed by atoms with E-state index in [1.54, 1.807) is 6.07 Å². The molecule has 1 atom stereocenters. The maximum atomic E-state index is 12.7. The van der Waals surface area contributed by atoms with Crippen LogP contribution in [0, 0.1) is 11.7 Å². The van der Waals surface area contributed by atoms with Crippen molar-refractivity contribution < 1.29 is 9.13 Å². The Labute approximate surface area is 90.2 Å². The molecule has 3 heteroatoms. The molecular weight excluding hydrogens is 193 g/mol. The SMILES string of the molecule is CCC[C@@H](C)COc1ccc(F)cc1N. The van der Waals surface area contributed by atoms with Crippen LogP contribution in [0.3, 0.4) is 0 Å². The molecule has 2 N–H and O–H groups in total. The van der Waals surface area contributed by atoms with Crippen molar-refractivity contribution in [3.8, 4) is 5.75 Å². The zero-order chi connectivity index (χ0) is 11.3. The van der Waals surface area contributed by atoms with Crippen molar-refractivity contribution in [2.75, 3.05) is 12.3 Å². The molecule has 1 rings (SSSR count). The fraction of sp³-hybridized carbons (Fsp3) is 0.500. The monoisotopic (exact) mass is 211 g/mol. The zero-order valence-corrected chi connectivity index (χ0v) is 9.29. The second-order valence-corrected chi connectivity index (χ2v) is 3.89. The third-order valence-electron chi connectivity index (χ3n) is 2.28. The molecule has 0 radical (unpaired) electrons. The largest absolute Gasteiger partial charge is 0.491 e. The zero-order valence-electron chi connectivity index (χ0n) is 9.29. The summed E-state index contributed by atoms with van der Waals surface area (Å²) in [4.78, 5) is 0. The molecule has 1 aromatic rings. The average Bonchev–Trinajstić information content (AvgIpc) is 2.17.